The van der Waals surface area contributed by atoms with Gasteiger partial charge in [0.15, 0.2) is 0 Å². The number of nitrogens with two attached hydrogens (primary N) is 1. The van der Waals surface area contributed by atoms with Crippen molar-refractivity contribution in [2.75, 3.05) is 5.32 Å². The molecule has 0 aromatic carbocycles. The average Bonchev–Trinajstić information content (AvgIpc) is 2.86. The number of carbonyl (C=O) groups excluding carboxylic acids is 1. The average molecular weight is 271 g/mol. The summed E-state index contributed by atoms with van der Waals surface area (Å²) in [6.07, 6.45) is 7.18. The molecule has 1 atom stereocenters. The van der Waals surface area contributed by atoms with Crippen LogP contribution in [-0.2, 0) is 4.79 Å². The first-order valence-electron chi connectivity index (χ1n) is 6.25. The first-order valence-corrected chi connectivity index (χ1v) is 6.25. The molecular weight excluding hydrogens is 254 g/mol. The highest BCUT2D eigenvalue weighted by molar-refractivity contribution is 5.94. The molecular formula is C14H17N5O. The lowest BCUT2D eigenvalue weighted by atomic mass is 10.2. The minimum atomic E-state index is -0.594. The predicted octanol–water partition coefficient (Wildman–Crippen LogP) is 1.42. The quantitative estimate of drug-likeness (QED) is 0.805. The molecule has 1 unspecified atom stereocenters. The predicted molar refractivity (Wildman–Crippen MR) is 77.5 cm³/mol. The molecule has 20 heavy (non-hydrogen) atoms. The SMILES string of the molecule is C=CCC(N)C(=O)Nc1ccc(-n2ccnc2C)nc1. The van der Waals surface area contributed by atoms with Crippen molar-refractivity contribution in [2.45, 2.75) is 19.4 Å². The van der Waals surface area contributed by atoms with E-state index in [9.17, 15) is 4.79 Å². The Balaban J connectivity index is 2.07. The van der Waals surface area contributed by atoms with Gasteiger partial charge in [-0.15, -0.1) is 6.58 Å². The number of pyridine rings is 1. The Morgan fingerprint density at radius 1 is 1.55 bits per heavy atom. The van der Waals surface area contributed by atoms with Crippen LogP contribution in [-0.4, -0.2) is 26.5 Å². The number of amides is 1. The van der Waals surface area contributed by atoms with Gasteiger partial charge in [0.05, 0.1) is 17.9 Å². The van der Waals surface area contributed by atoms with E-state index >= 15 is 0 Å². The van der Waals surface area contributed by atoms with Gasteiger partial charge in [-0.2, -0.15) is 0 Å². The first kappa shape index (κ1) is 14.0. The Morgan fingerprint density at radius 3 is 2.90 bits per heavy atom. The Bertz CT molecular complexity index is 602. The summed E-state index contributed by atoms with van der Waals surface area (Å²) in [5, 5.41) is 2.71. The van der Waals surface area contributed by atoms with Gasteiger partial charge in [-0.1, -0.05) is 6.08 Å². The molecule has 6 heteroatoms. The Morgan fingerprint density at radius 2 is 2.35 bits per heavy atom. The standard InChI is InChI=1S/C14H17N5O/c1-3-4-12(15)14(20)18-11-5-6-13(17-9-11)19-8-7-16-10(19)2/h3,5-9,12H,1,4,15H2,2H3,(H,18,20). The monoisotopic (exact) mass is 271 g/mol. The molecule has 0 saturated heterocycles. The number of aryl methyl sites for hydroxylation is 1. The van der Waals surface area contributed by atoms with Gasteiger partial charge in [0.2, 0.25) is 5.91 Å². The second-order valence-corrected chi connectivity index (χ2v) is 4.37. The maximum absolute atomic E-state index is 11.7. The third-order valence-corrected chi connectivity index (χ3v) is 2.85. The van der Waals surface area contributed by atoms with Crippen LogP contribution in [0.2, 0.25) is 0 Å². The highest BCUT2D eigenvalue weighted by Crippen LogP contribution is 2.11. The zero-order valence-corrected chi connectivity index (χ0v) is 11.3. The zero-order chi connectivity index (χ0) is 14.5. The molecule has 2 heterocycles. The third kappa shape index (κ3) is 3.10. The lowest BCUT2D eigenvalue weighted by molar-refractivity contribution is -0.117. The molecule has 0 aliphatic rings. The van der Waals surface area contributed by atoms with E-state index in [4.69, 9.17) is 5.73 Å². The van der Waals surface area contributed by atoms with E-state index in [1.54, 1.807) is 24.5 Å². The number of imidazole rings is 1. The third-order valence-electron chi connectivity index (χ3n) is 2.85. The Hall–Kier alpha value is -2.47. The molecule has 0 spiro atoms. The highest BCUT2D eigenvalue weighted by atomic mass is 16.2. The van der Waals surface area contributed by atoms with Crippen molar-refractivity contribution in [1.82, 2.24) is 14.5 Å². The summed E-state index contributed by atoms with van der Waals surface area (Å²) in [5.41, 5.74) is 6.29. The van der Waals surface area contributed by atoms with E-state index in [1.807, 2.05) is 23.8 Å². The molecule has 3 N–H and O–H groups in total. The van der Waals surface area contributed by atoms with Crippen LogP contribution in [0.3, 0.4) is 0 Å². The molecule has 0 bridgehead atoms. The van der Waals surface area contributed by atoms with Gasteiger partial charge in [0, 0.05) is 12.4 Å². The fraction of sp³-hybridized carbons (Fsp3) is 0.214. The number of nitrogens with zero attached hydrogens (tertiary/aromatic N) is 3. The topological polar surface area (TPSA) is 85.8 Å². The molecule has 1 amide bonds. The number of carbonyl (C=O) groups is 1. The molecule has 0 aliphatic carbocycles. The van der Waals surface area contributed by atoms with Crippen molar-refractivity contribution in [3.05, 3.63) is 49.2 Å². The van der Waals surface area contributed by atoms with E-state index in [0.29, 0.717) is 12.1 Å². The van der Waals surface area contributed by atoms with Crippen molar-refractivity contribution >= 4 is 11.6 Å². The second-order valence-electron chi connectivity index (χ2n) is 4.37. The molecule has 104 valence electrons. The van der Waals surface area contributed by atoms with E-state index in [0.717, 1.165) is 11.6 Å². The molecule has 0 aliphatic heterocycles. The van der Waals surface area contributed by atoms with Gasteiger partial charge in [-0.25, -0.2) is 9.97 Å². The van der Waals surface area contributed by atoms with Gasteiger partial charge >= 0.3 is 0 Å². The van der Waals surface area contributed by atoms with Gasteiger partial charge in [0.25, 0.3) is 0 Å². The Kier molecular flexibility index (Phi) is 4.27. The zero-order valence-electron chi connectivity index (χ0n) is 11.3. The maximum Gasteiger partial charge on any atom is 0.241 e. The van der Waals surface area contributed by atoms with E-state index in [2.05, 4.69) is 21.9 Å². The molecule has 6 nitrogen and oxygen atoms in total. The lowest BCUT2D eigenvalue weighted by Gasteiger charge is -2.10. The van der Waals surface area contributed by atoms with Crippen molar-refractivity contribution in [3.8, 4) is 5.82 Å². The smallest absolute Gasteiger partial charge is 0.241 e. The van der Waals surface area contributed by atoms with Crippen LogP contribution in [0.25, 0.3) is 5.82 Å². The summed E-state index contributed by atoms with van der Waals surface area (Å²) >= 11 is 0. The second kappa shape index (κ2) is 6.12. The minimum absolute atomic E-state index is 0.252. The molecule has 2 aromatic rings. The number of anilines is 1. The fourth-order valence-corrected chi connectivity index (χ4v) is 1.74. The van der Waals surface area contributed by atoms with Crippen LogP contribution < -0.4 is 11.1 Å². The highest BCUT2D eigenvalue weighted by Gasteiger charge is 2.12. The first-order chi connectivity index (χ1) is 9.61. The van der Waals surface area contributed by atoms with Gasteiger partial charge in [-0.05, 0) is 25.5 Å². The van der Waals surface area contributed by atoms with Crippen molar-refractivity contribution in [2.24, 2.45) is 5.73 Å². The molecule has 0 radical (unpaired) electrons. The lowest BCUT2D eigenvalue weighted by Crippen LogP contribution is -2.35. The van der Waals surface area contributed by atoms with Crippen molar-refractivity contribution in [3.63, 3.8) is 0 Å². The largest absolute Gasteiger partial charge is 0.323 e. The Labute approximate surface area is 117 Å². The van der Waals surface area contributed by atoms with Gasteiger partial charge < -0.3 is 11.1 Å². The van der Waals surface area contributed by atoms with Gasteiger partial charge in [0.1, 0.15) is 11.6 Å². The van der Waals surface area contributed by atoms with Crippen LogP contribution >= 0.6 is 0 Å². The number of nitrogens with one attached hydrogen (secondary N) is 1. The van der Waals surface area contributed by atoms with Crippen LogP contribution in [0, 0.1) is 6.92 Å². The summed E-state index contributed by atoms with van der Waals surface area (Å²) in [6.45, 7) is 5.45. The van der Waals surface area contributed by atoms with Crippen molar-refractivity contribution in [1.29, 1.82) is 0 Å². The van der Waals surface area contributed by atoms with E-state index in [-0.39, 0.29) is 5.91 Å². The van der Waals surface area contributed by atoms with Crippen molar-refractivity contribution < 1.29 is 4.79 Å². The number of hydrogen-bond donors (Lipinski definition) is 2. The molecule has 0 saturated carbocycles. The summed E-state index contributed by atoms with van der Waals surface area (Å²) in [6, 6.07) is 2.99. The summed E-state index contributed by atoms with van der Waals surface area (Å²) in [7, 11) is 0. The summed E-state index contributed by atoms with van der Waals surface area (Å²) in [4.78, 5) is 20.2. The number of aromatic nitrogens is 3. The normalized spacial score (nSPS) is 11.9. The summed E-state index contributed by atoms with van der Waals surface area (Å²) in [5.74, 6) is 1.34. The maximum atomic E-state index is 11.7. The number of rotatable bonds is 5. The van der Waals surface area contributed by atoms with Crippen LogP contribution in [0.5, 0.6) is 0 Å². The molecule has 2 rings (SSSR count). The fourth-order valence-electron chi connectivity index (χ4n) is 1.74. The van der Waals surface area contributed by atoms with E-state index < -0.39 is 6.04 Å². The van der Waals surface area contributed by atoms with Crippen LogP contribution in [0.1, 0.15) is 12.2 Å². The van der Waals surface area contributed by atoms with Gasteiger partial charge in [-0.3, -0.25) is 9.36 Å². The molecule has 2 aromatic heterocycles. The summed E-state index contributed by atoms with van der Waals surface area (Å²) < 4.78 is 1.86. The van der Waals surface area contributed by atoms with E-state index in [1.165, 1.54) is 0 Å². The van der Waals surface area contributed by atoms with Crippen LogP contribution in [0.4, 0.5) is 5.69 Å². The number of hydrogen-bond acceptors (Lipinski definition) is 4. The minimum Gasteiger partial charge on any atom is -0.323 e. The van der Waals surface area contributed by atoms with Crippen LogP contribution in [0.15, 0.2) is 43.4 Å². The molecule has 0 fully saturated rings.